The zero-order valence-corrected chi connectivity index (χ0v) is 12.4. The first-order valence-electron chi connectivity index (χ1n) is 6.89. The van der Waals surface area contributed by atoms with E-state index in [9.17, 15) is 4.79 Å². The second-order valence-electron chi connectivity index (χ2n) is 5.64. The summed E-state index contributed by atoms with van der Waals surface area (Å²) in [5.41, 5.74) is 7.63. The molecule has 1 fully saturated rings. The molecule has 0 saturated heterocycles. The number of nitrogens with zero attached hydrogens (tertiary/aromatic N) is 1. The number of aromatic nitrogens is 1. The number of carbonyl (C=O) groups excluding carboxylic acids is 1. The van der Waals surface area contributed by atoms with Crippen LogP contribution in [0.25, 0.3) is 10.9 Å². The maximum atomic E-state index is 12.1. The van der Waals surface area contributed by atoms with Crippen LogP contribution in [-0.2, 0) is 0 Å². The Morgan fingerprint density at radius 1 is 1.45 bits per heavy atom. The molecule has 0 unspecified atom stereocenters. The van der Waals surface area contributed by atoms with Crippen LogP contribution < -0.4 is 11.1 Å². The van der Waals surface area contributed by atoms with Crippen LogP contribution >= 0.6 is 11.6 Å². The van der Waals surface area contributed by atoms with E-state index in [0.717, 1.165) is 23.7 Å². The molecule has 1 aromatic carbocycles. The van der Waals surface area contributed by atoms with Crippen molar-refractivity contribution in [3.05, 3.63) is 28.8 Å². The minimum absolute atomic E-state index is 0.0272. The van der Waals surface area contributed by atoms with Gasteiger partial charge in [-0.2, -0.15) is 0 Å². The number of amides is 1. The van der Waals surface area contributed by atoms with Gasteiger partial charge in [0, 0.05) is 23.0 Å². The standard InChI is InChI=1S/C15H18ClN3O/c1-8(2)19-12-7-9(15(20)18-10-4-5-10)3-6-11(12)13(16)14(19)17/h3,6-8,10H,4-5,17H2,1-2H3,(H,18,20). The van der Waals surface area contributed by atoms with Crippen molar-refractivity contribution < 1.29 is 4.79 Å². The molecule has 3 rings (SSSR count). The molecule has 0 radical (unpaired) electrons. The van der Waals surface area contributed by atoms with Gasteiger partial charge in [0.1, 0.15) is 5.82 Å². The fraction of sp³-hybridized carbons (Fsp3) is 0.400. The minimum atomic E-state index is -0.0272. The Labute approximate surface area is 122 Å². The Bertz CT molecular complexity index is 686. The predicted molar refractivity (Wildman–Crippen MR) is 82.2 cm³/mol. The number of rotatable bonds is 3. The number of hydrogen-bond donors (Lipinski definition) is 2. The SMILES string of the molecule is CC(C)n1c(N)c(Cl)c2ccc(C(=O)NC3CC3)cc21. The van der Waals surface area contributed by atoms with Crippen LogP contribution in [0.1, 0.15) is 43.1 Å². The van der Waals surface area contributed by atoms with Crippen molar-refractivity contribution >= 4 is 34.2 Å². The maximum absolute atomic E-state index is 12.1. The smallest absolute Gasteiger partial charge is 0.251 e. The molecule has 1 heterocycles. The molecule has 20 heavy (non-hydrogen) atoms. The van der Waals surface area contributed by atoms with E-state index in [0.29, 0.717) is 22.4 Å². The normalized spacial score (nSPS) is 15.0. The quantitative estimate of drug-likeness (QED) is 0.911. The fourth-order valence-corrected chi connectivity index (χ4v) is 2.73. The first-order chi connectivity index (χ1) is 9.49. The molecule has 5 heteroatoms. The lowest BCUT2D eigenvalue weighted by molar-refractivity contribution is 0.0951. The van der Waals surface area contributed by atoms with Crippen molar-refractivity contribution in [1.82, 2.24) is 9.88 Å². The molecule has 0 bridgehead atoms. The molecule has 4 nitrogen and oxygen atoms in total. The molecule has 1 saturated carbocycles. The fourth-order valence-electron chi connectivity index (χ4n) is 2.48. The van der Waals surface area contributed by atoms with Gasteiger partial charge in [0.15, 0.2) is 0 Å². The lowest BCUT2D eigenvalue weighted by Gasteiger charge is -2.12. The molecule has 1 amide bonds. The van der Waals surface area contributed by atoms with Gasteiger partial charge in [0.2, 0.25) is 0 Å². The average Bonchev–Trinajstić information content (AvgIpc) is 3.17. The first kappa shape index (κ1) is 13.3. The molecular weight excluding hydrogens is 274 g/mol. The molecule has 0 spiro atoms. The average molecular weight is 292 g/mol. The van der Waals surface area contributed by atoms with Crippen LogP contribution in [0, 0.1) is 0 Å². The van der Waals surface area contributed by atoms with E-state index in [-0.39, 0.29) is 11.9 Å². The number of nitrogen functional groups attached to an aromatic ring is 1. The number of anilines is 1. The van der Waals surface area contributed by atoms with Gasteiger partial charge in [-0.1, -0.05) is 17.7 Å². The van der Waals surface area contributed by atoms with Crippen LogP contribution in [0.4, 0.5) is 5.82 Å². The molecule has 1 aliphatic rings. The van der Waals surface area contributed by atoms with Crippen molar-refractivity contribution in [3.63, 3.8) is 0 Å². The van der Waals surface area contributed by atoms with E-state index < -0.39 is 0 Å². The second-order valence-corrected chi connectivity index (χ2v) is 6.02. The summed E-state index contributed by atoms with van der Waals surface area (Å²) in [4.78, 5) is 12.1. The molecular formula is C15H18ClN3O. The van der Waals surface area contributed by atoms with Gasteiger partial charge in [0.05, 0.1) is 10.5 Å². The number of fused-ring (bicyclic) bond motifs is 1. The number of hydrogen-bond acceptors (Lipinski definition) is 2. The lowest BCUT2D eigenvalue weighted by atomic mass is 10.1. The van der Waals surface area contributed by atoms with Gasteiger partial charge < -0.3 is 15.6 Å². The first-order valence-corrected chi connectivity index (χ1v) is 7.26. The lowest BCUT2D eigenvalue weighted by Crippen LogP contribution is -2.25. The van der Waals surface area contributed by atoms with Crippen LogP contribution in [0.2, 0.25) is 5.02 Å². The molecule has 1 aliphatic carbocycles. The summed E-state index contributed by atoms with van der Waals surface area (Å²) in [7, 11) is 0. The highest BCUT2D eigenvalue weighted by Crippen LogP contribution is 2.35. The van der Waals surface area contributed by atoms with E-state index in [1.54, 1.807) is 6.07 Å². The van der Waals surface area contributed by atoms with Crippen molar-refractivity contribution in [2.75, 3.05) is 5.73 Å². The van der Waals surface area contributed by atoms with Crippen molar-refractivity contribution in [2.24, 2.45) is 0 Å². The third-order valence-electron chi connectivity index (χ3n) is 3.67. The highest BCUT2D eigenvalue weighted by molar-refractivity contribution is 6.38. The minimum Gasteiger partial charge on any atom is -0.384 e. The zero-order chi connectivity index (χ0) is 14.4. The van der Waals surface area contributed by atoms with Crippen molar-refractivity contribution in [2.45, 2.75) is 38.8 Å². The molecule has 3 N–H and O–H groups in total. The summed E-state index contributed by atoms with van der Waals surface area (Å²) >= 11 is 6.27. The van der Waals surface area contributed by atoms with Gasteiger partial charge in [-0.3, -0.25) is 4.79 Å². The molecule has 106 valence electrons. The second kappa shape index (κ2) is 4.70. The maximum Gasteiger partial charge on any atom is 0.251 e. The van der Waals surface area contributed by atoms with E-state index in [2.05, 4.69) is 5.32 Å². The number of nitrogens with one attached hydrogen (secondary N) is 1. The predicted octanol–water partition coefficient (Wildman–Crippen LogP) is 3.35. The molecule has 1 aromatic heterocycles. The van der Waals surface area contributed by atoms with E-state index >= 15 is 0 Å². The van der Waals surface area contributed by atoms with Crippen molar-refractivity contribution in [1.29, 1.82) is 0 Å². The van der Waals surface area contributed by atoms with Crippen LogP contribution in [0.15, 0.2) is 18.2 Å². The third kappa shape index (κ3) is 2.14. The Balaban J connectivity index is 2.09. The van der Waals surface area contributed by atoms with E-state index in [1.807, 2.05) is 30.5 Å². The van der Waals surface area contributed by atoms with Crippen LogP contribution in [0.5, 0.6) is 0 Å². The number of halogens is 1. The zero-order valence-electron chi connectivity index (χ0n) is 11.6. The largest absolute Gasteiger partial charge is 0.384 e. The molecule has 2 aromatic rings. The number of nitrogens with two attached hydrogens (primary N) is 1. The van der Waals surface area contributed by atoms with Gasteiger partial charge in [-0.05, 0) is 38.8 Å². The van der Waals surface area contributed by atoms with Gasteiger partial charge in [-0.15, -0.1) is 0 Å². The van der Waals surface area contributed by atoms with Gasteiger partial charge in [-0.25, -0.2) is 0 Å². The van der Waals surface area contributed by atoms with Crippen molar-refractivity contribution in [3.8, 4) is 0 Å². The summed E-state index contributed by atoms with van der Waals surface area (Å²) in [5, 5.41) is 4.44. The summed E-state index contributed by atoms with van der Waals surface area (Å²) in [6.45, 7) is 4.09. The number of benzene rings is 1. The monoisotopic (exact) mass is 291 g/mol. The van der Waals surface area contributed by atoms with E-state index in [4.69, 9.17) is 17.3 Å². The Morgan fingerprint density at radius 2 is 2.15 bits per heavy atom. The summed E-state index contributed by atoms with van der Waals surface area (Å²) in [6.07, 6.45) is 2.16. The highest BCUT2D eigenvalue weighted by atomic mass is 35.5. The Hall–Kier alpha value is -1.68. The molecule has 0 aliphatic heterocycles. The van der Waals surface area contributed by atoms with E-state index in [1.165, 1.54) is 0 Å². The summed E-state index contributed by atoms with van der Waals surface area (Å²) in [6, 6.07) is 6.08. The Morgan fingerprint density at radius 3 is 2.75 bits per heavy atom. The summed E-state index contributed by atoms with van der Waals surface area (Å²) in [5.74, 6) is 0.525. The van der Waals surface area contributed by atoms with Gasteiger partial charge in [0.25, 0.3) is 5.91 Å². The Kier molecular flexibility index (Phi) is 3.13. The number of carbonyl (C=O) groups is 1. The highest BCUT2D eigenvalue weighted by Gasteiger charge is 2.24. The summed E-state index contributed by atoms with van der Waals surface area (Å²) < 4.78 is 1.96. The van der Waals surface area contributed by atoms with Gasteiger partial charge >= 0.3 is 0 Å². The topological polar surface area (TPSA) is 60.0 Å². The molecule has 0 atom stereocenters. The van der Waals surface area contributed by atoms with Crippen LogP contribution in [0.3, 0.4) is 0 Å². The van der Waals surface area contributed by atoms with Crippen LogP contribution in [-0.4, -0.2) is 16.5 Å². The third-order valence-corrected chi connectivity index (χ3v) is 4.07.